The summed E-state index contributed by atoms with van der Waals surface area (Å²) >= 11 is 0. The maximum Gasteiger partial charge on any atom is 0.0589 e. The molecule has 0 aliphatic heterocycles. The minimum Gasteiger partial charge on any atom is -0.381 e. The Kier molecular flexibility index (Phi) is 3.88. The van der Waals surface area contributed by atoms with Gasteiger partial charge in [0.05, 0.1) is 6.10 Å². The van der Waals surface area contributed by atoms with Gasteiger partial charge < -0.3 is 10.5 Å². The van der Waals surface area contributed by atoms with Crippen molar-refractivity contribution in [1.29, 1.82) is 0 Å². The minimum atomic E-state index is 0.231. The SMILES string of the molecule is CCN(C1CC1)C1(CN)CCCC(OC)C1. The summed E-state index contributed by atoms with van der Waals surface area (Å²) in [6.45, 7) is 4.20. The fourth-order valence-corrected chi connectivity index (χ4v) is 3.42. The zero-order valence-corrected chi connectivity index (χ0v) is 10.7. The zero-order chi connectivity index (χ0) is 11.6. The van der Waals surface area contributed by atoms with Crippen LogP contribution < -0.4 is 5.73 Å². The Labute approximate surface area is 99.3 Å². The molecule has 2 aliphatic rings. The molecule has 2 N–H and O–H groups in total. The van der Waals surface area contributed by atoms with Crippen LogP contribution in [-0.2, 0) is 4.74 Å². The third-order valence-corrected chi connectivity index (χ3v) is 4.43. The molecule has 2 aliphatic carbocycles. The van der Waals surface area contributed by atoms with E-state index in [4.69, 9.17) is 10.5 Å². The Hall–Kier alpha value is -0.120. The molecule has 0 radical (unpaired) electrons. The molecule has 2 saturated carbocycles. The third-order valence-electron chi connectivity index (χ3n) is 4.43. The molecule has 16 heavy (non-hydrogen) atoms. The van der Waals surface area contributed by atoms with Gasteiger partial charge in [-0.25, -0.2) is 0 Å². The van der Waals surface area contributed by atoms with Gasteiger partial charge >= 0.3 is 0 Å². The number of ether oxygens (including phenoxy) is 1. The molecule has 94 valence electrons. The second-order valence-electron chi connectivity index (χ2n) is 5.40. The topological polar surface area (TPSA) is 38.5 Å². The van der Waals surface area contributed by atoms with Crippen LogP contribution in [0.15, 0.2) is 0 Å². The predicted molar refractivity (Wildman–Crippen MR) is 66.5 cm³/mol. The van der Waals surface area contributed by atoms with Crippen molar-refractivity contribution in [2.75, 3.05) is 20.2 Å². The lowest BCUT2D eigenvalue weighted by Crippen LogP contribution is -2.58. The first-order chi connectivity index (χ1) is 7.75. The van der Waals surface area contributed by atoms with Crippen LogP contribution >= 0.6 is 0 Å². The molecule has 0 aromatic carbocycles. The van der Waals surface area contributed by atoms with E-state index in [1.807, 2.05) is 7.11 Å². The van der Waals surface area contributed by atoms with Gasteiger partial charge in [-0.1, -0.05) is 6.92 Å². The van der Waals surface area contributed by atoms with Gasteiger partial charge in [0.25, 0.3) is 0 Å². The lowest BCUT2D eigenvalue weighted by atomic mass is 9.78. The number of hydrogen-bond donors (Lipinski definition) is 1. The van der Waals surface area contributed by atoms with E-state index in [-0.39, 0.29) is 5.54 Å². The highest BCUT2D eigenvalue weighted by atomic mass is 16.5. The van der Waals surface area contributed by atoms with E-state index in [9.17, 15) is 0 Å². The molecule has 0 aromatic heterocycles. The second-order valence-corrected chi connectivity index (χ2v) is 5.40. The Bertz CT molecular complexity index is 230. The monoisotopic (exact) mass is 226 g/mol. The molecule has 0 heterocycles. The molecule has 0 amide bonds. The van der Waals surface area contributed by atoms with Gasteiger partial charge in [0.2, 0.25) is 0 Å². The Balaban J connectivity index is 2.09. The lowest BCUT2D eigenvalue weighted by molar-refractivity contribution is -0.0237. The Morgan fingerprint density at radius 2 is 2.12 bits per heavy atom. The van der Waals surface area contributed by atoms with E-state index in [1.165, 1.54) is 32.1 Å². The fourth-order valence-electron chi connectivity index (χ4n) is 3.42. The van der Waals surface area contributed by atoms with E-state index in [0.29, 0.717) is 6.10 Å². The molecule has 0 spiro atoms. The van der Waals surface area contributed by atoms with Crippen LogP contribution in [-0.4, -0.2) is 42.8 Å². The van der Waals surface area contributed by atoms with E-state index >= 15 is 0 Å². The number of nitrogens with zero attached hydrogens (tertiary/aromatic N) is 1. The lowest BCUT2D eigenvalue weighted by Gasteiger charge is -2.48. The first-order valence-corrected chi connectivity index (χ1v) is 6.75. The molecule has 3 nitrogen and oxygen atoms in total. The highest BCUT2D eigenvalue weighted by Gasteiger charge is 2.45. The minimum absolute atomic E-state index is 0.231. The Morgan fingerprint density at radius 1 is 1.38 bits per heavy atom. The first-order valence-electron chi connectivity index (χ1n) is 6.75. The van der Waals surface area contributed by atoms with Crippen molar-refractivity contribution in [2.24, 2.45) is 5.73 Å². The summed E-state index contributed by atoms with van der Waals surface area (Å²) in [6.07, 6.45) is 8.02. The van der Waals surface area contributed by atoms with Crippen molar-refractivity contribution in [3.63, 3.8) is 0 Å². The van der Waals surface area contributed by atoms with E-state index in [0.717, 1.165) is 25.6 Å². The maximum atomic E-state index is 6.10. The van der Waals surface area contributed by atoms with Crippen LogP contribution in [0, 0.1) is 0 Å². The maximum absolute atomic E-state index is 6.10. The summed E-state index contributed by atoms with van der Waals surface area (Å²) in [5.41, 5.74) is 6.33. The van der Waals surface area contributed by atoms with Crippen molar-refractivity contribution in [3.8, 4) is 0 Å². The predicted octanol–water partition coefficient (Wildman–Crippen LogP) is 1.76. The molecule has 2 unspecified atom stereocenters. The van der Waals surface area contributed by atoms with Gasteiger partial charge in [-0.05, 0) is 45.1 Å². The molecule has 2 fully saturated rings. The third kappa shape index (κ3) is 2.27. The normalized spacial score (nSPS) is 35.6. The van der Waals surface area contributed by atoms with Gasteiger partial charge in [0.15, 0.2) is 0 Å². The van der Waals surface area contributed by atoms with Crippen molar-refractivity contribution >= 4 is 0 Å². The molecular formula is C13H26N2O. The number of hydrogen-bond acceptors (Lipinski definition) is 3. The van der Waals surface area contributed by atoms with Crippen LogP contribution in [0.3, 0.4) is 0 Å². The summed E-state index contributed by atoms with van der Waals surface area (Å²) in [6, 6.07) is 0.809. The largest absolute Gasteiger partial charge is 0.381 e. The van der Waals surface area contributed by atoms with Crippen molar-refractivity contribution in [2.45, 2.75) is 63.1 Å². The second kappa shape index (κ2) is 5.03. The summed E-state index contributed by atoms with van der Waals surface area (Å²) in [4.78, 5) is 2.66. The van der Waals surface area contributed by atoms with Gasteiger partial charge in [0, 0.05) is 25.2 Å². The molecular weight excluding hydrogens is 200 g/mol. The quantitative estimate of drug-likeness (QED) is 0.776. The smallest absolute Gasteiger partial charge is 0.0589 e. The van der Waals surface area contributed by atoms with Crippen LogP contribution in [0.1, 0.15) is 45.4 Å². The molecule has 3 heteroatoms. The van der Waals surface area contributed by atoms with Crippen LogP contribution in [0.5, 0.6) is 0 Å². The van der Waals surface area contributed by atoms with Crippen LogP contribution in [0.4, 0.5) is 0 Å². The van der Waals surface area contributed by atoms with Gasteiger partial charge in [-0.2, -0.15) is 0 Å². The summed E-state index contributed by atoms with van der Waals surface area (Å²) in [5, 5.41) is 0. The molecule has 0 bridgehead atoms. The average Bonchev–Trinajstić information content (AvgIpc) is 3.14. The van der Waals surface area contributed by atoms with E-state index < -0.39 is 0 Å². The highest BCUT2D eigenvalue weighted by Crippen LogP contribution is 2.40. The number of nitrogens with two attached hydrogens (primary N) is 1. The van der Waals surface area contributed by atoms with E-state index in [2.05, 4.69) is 11.8 Å². The van der Waals surface area contributed by atoms with Gasteiger partial charge in [-0.15, -0.1) is 0 Å². The van der Waals surface area contributed by atoms with Crippen LogP contribution in [0.2, 0.25) is 0 Å². The first kappa shape index (κ1) is 12.3. The fraction of sp³-hybridized carbons (Fsp3) is 1.00. The summed E-state index contributed by atoms with van der Waals surface area (Å²) in [5.74, 6) is 0. The molecule has 2 atom stereocenters. The van der Waals surface area contributed by atoms with Crippen molar-refractivity contribution in [3.05, 3.63) is 0 Å². The van der Waals surface area contributed by atoms with Crippen LogP contribution in [0.25, 0.3) is 0 Å². The summed E-state index contributed by atoms with van der Waals surface area (Å²) < 4.78 is 5.56. The zero-order valence-electron chi connectivity index (χ0n) is 10.7. The molecule has 2 rings (SSSR count). The number of methoxy groups -OCH3 is 1. The summed E-state index contributed by atoms with van der Waals surface area (Å²) in [7, 11) is 1.84. The average molecular weight is 226 g/mol. The van der Waals surface area contributed by atoms with E-state index in [1.54, 1.807) is 0 Å². The highest BCUT2D eigenvalue weighted by molar-refractivity contribution is 5.02. The number of likely N-dealkylation sites (N-methyl/N-ethyl adjacent to an activating group) is 1. The number of rotatable bonds is 5. The molecule has 0 saturated heterocycles. The van der Waals surface area contributed by atoms with Crippen molar-refractivity contribution in [1.82, 2.24) is 4.90 Å². The van der Waals surface area contributed by atoms with Gasteiger partial charge in [-0.3, -0.25) is 4.90 Å². The Morgan fingerprint density at radius 3 is 2.62 bits per heavy atom. The van der Waals surface area contributed by atoms with Crippen molar-refractivity contribution < 1.29 is 4.74 Å². The molecule has 0 aromatic rings. The standard InChI is InChI=1S/C13H26N2O/c1-3-15(11-6-7-11)13(10-14)8-4-5-12(9-13)16-2/h11-12H,3-10,14H2,1-2H3. The van der Waals surface area contributed by atoms with Gasteiger partial charge in [0.1, 0.15) is 0 Å².